The van der Waals surface area contributed by atoms with E-state index in [0.29, 0.717) is 23.3 Å². The Balaban J connectivity index is 2.24. The van der Waals surface area contributed by atoms with Gasteiger partial charge in [0.2, 0.25) is 0 Å². The molecule has 0 aliphatic heterocycles. The lowest BCUT2D eigenvalue weighted by molar-refractivity contribution is -0.147. The molecule has 0 aromatic carbocycles. The van der Waals surface area contributed by atoms with Gasteiger partial charge in [0.1, 0.15) is 11.3 Å². The molecule has 116 valence electrons. The lowest BCUT2D eigenvalue weighted by Crippen LogP contribution is -2.34. The van der Waals surface area contributed by atoms with Crippen LogP contribution in [0, 0.1) is 6.92 Å². The summed E-state index contributed by atoms with van der Waals surface area (Å²) in [7, 11) is 0. The fraction of sp³-hybridized carbons (Fsp3) is 0.400. The van der Waals surface area contributed by atoms with E-state index in [1.165, 1.54) is 4.68 Å². The lowest BCUT2D eigenvalue weighted by atomic mass is 10.2. The second kappa shape index (κ2) is 5.32. The molecule has 0 bridgehead atoms. The Labute approximate surface area is 126 Å². The van der Waals surface area contributed by atoms with Gasteiger partial charge in [-0.3, -0.25) is 9.20 Å². The molecular formula is C15H17N3O4. The minimum atomic E-state index is -0.725. The van der Waals surface area contributed by atoms with E-state index in [-0.39, 0.29) is 12.2 Å². The molecule has 1 atom stereocenters. The molecule has 0 amide bonds. The van der Waals surface area contributed by atoms with Crippen molar-refractivity contribution >= 4 is 22.6 Å². The number of fused-ring (bicyclic) bond motifs is 3. The van der Waals surface area contributed by atoms with Crippen molar-refractivity contribution < 1.29 is 13.9 Å². The number of carbonyl (C=O) groups excluding carboxylic acids is 1. The van der Waals surface area contributed by atoms with Gasteiger partial charge in [0.15, 0.2) is 11.6 Å². The van der Waals surface area contributed by atoms with Crippen LogP contribution in [0.2, 0.25) is 0 Å². The molecule has 0 aliphatic carbocycles. The Morgan fingerprint density at radius 2 is 2.18 bits per heavy atom. The highest BCUT2D eigenvalue weighted by Gasteiger charge is 2.24. The van der Waals surface area contributed by atoms with E-state index in [1.807, 2.05) is 6.92 Å². The predicted octanol–water partition coefficient (Wildman–Crippen LogP) is 2.06. The van der Waals surface area contributed by atoms with Crippen LogP contribution in [0.15, 0.2) is 27.6 Å². The Bertz CT molecular complexity index is 903. The van der Waals surface area contributed by atoms with E-state index in [9.17, 15) is 9.59 Å². The smallest absolute Gasteiger partial charge is 0.331 e. The summed E-state index contributed by atoms with van der Waals surface area (Å²) in [6.45, 7) is 5.60. The molecule has 0 fully saturated rings. The van der Waals surface area contributed by atoms with Crippen LogP contribution >= 0.6 is 0 Å². The average molecular weight is 303 g/mol. The van der Waals surface area contributed by atoms with Crippen LogP contribution in [0.1, 0.15) is 32.1 Å². The summed E-state index contributed by atoms with van der Waals surface area (Å²) in [6.07, 6.45) is 1.99. The molecule has 3 aromatic heterocycles. The molecule has 0 radical (unpaired) electrons. The Morgan fingerprint density at radius 1 is 1.41 bits per heavy atom. The lowest BCUT2D eigenvalue weighted by Gasteiger charge is -2.16. The molecule has 0 aliphatic rings. The minimum Gasteiger partial charge on any atom is -0.464 e. The summed E-state index contributed by atoms with van der Waals surface area (Å²) >= 11 is 0. The first-order valence-electron chi connectivity index (χ1n) is 7.23. The monoisotopic (exact) mass is 303 g/mol. The molecule has 0 saturated heterocycles. The van der Waals surface area contributed by atoms with Gasteiger partial charge in [0.05, 0.1) is 18.4 Å². The van der Waals surface area contributed by atoms with E-state index >= 15 is 0 Å². The highest BCUT2D eigenvalue weighted by Crippen LogP contribution is 2.21. The molecular weight excluding hydrogens is 286 g/mol. The third-order valence-corrected chi connectivity index (χ3v) is 3.67. The zero-order valence-corrected chi connectivity index (χ0v) is 12.7. The van der Waals surface area contributed by atoms with Crippen molar-refractivity contribution in [1.82, 2.24) is 14.2 Å². The third kappa shape index (κ3) is 2.01. The number of esters is 1. The van der Waals surface area contributed by atoms with Gasteiger partial charge in [-0.25, -0.2) is 9.48 Å². The summed E-state index contributed by atoms with van der Waals surface area (Å²) in [4.78, 5) is 24.7. The summed E-state index contributed by atoms with van der Waals surface area (Å²) in [5, 5.41) is 4.30. The van der Waals surface area contributed by atoms with Crippen LogP contribution in [-0.4, -0.2) is 26.8 Å². The van der Waals surface area contributed by atoms with E-state index in [2.05, 4.69) is 5.10 Å². The van der Waals surface area contributed by atoms with Crippen LogP contribution in [0.3, 0.4) is 0 Å². The fourth-order valence-corrected chi connectivity index (χ4v) is 2.68. The number of aromatic nitrogens is 3. The van der Waals surface area contributed by atoms with E-state index < -0.39 is 12.0 Å². The first-order chi connectivity index (χ1) is 10.6. The van der Waals surface area contributed by atoms with Crippen LogP contribution < -0.4 is 5.56 Å². The average Bonchev–Trinajstić information content (AvgIpc) is 3.05. The summed E-state index contributed by atoms with van der Waals surface area (Å²) in [5.74, 6) is 0.160. The standard InChI is InChI=1S/C15H17N3O4/c1-4-10(15(20)21-5-2)18-14(19)12-8-13-11(6-7-22-13)17(12)9(3)16-18/h6-8,10H,4-5H2,1-3H3/t10-/m1/s1. The van der Waals surface area contributed by atoms with Gasteiger partial charge >= 0.3 is 5.97 Å². The number of nitrogens with zero attached hydrogens (tertiary/aromatic N) is 3. The van der Waals surface area contributed by atoms with E-state index in [0.717, 1.165) is 5.52 Å². The van der Waals surface area contributed by atoms with Crippen LogP contribution in [0.5, 0.6) is 0 Å². The number of furan rings is 1. The Morgan fingerprint density at radius 3 is 2.86 bits per heavy atom. The first-order valence-corrected chi connectivity index (χ1v) is 7.23. The number of rotatable bonds is 4. The quantitative estimate of drug-likeness (QED) is 0.689. The highest BCUT2D eigenvalue weighted by molar-refractivity contribution is 5.82. The Kier molecular flexibility index (Phi) is 3.48. The molecule has 3 aromatic rings. The van der Waals surface area contributed by atoms with Crippen molar-refractivity contribution in [1.29, 1.82) is 0 Å². The van der Waals surface area contributed by atoms with Crippen molar-refractivity contribution in [2.75, 3.05) is 6.61 Å². The first kappa shape index (κ1) is 14.4. The summed E-state index contributed by atoms with van der Waals surface area (Å²) < 4.78 is 13.3. The molecule has 22 heavy (non-hydrogen) atoms. The zero-order chi connectivity index (χ0) is 15.9. The van der Waals surface area contributed by atoms with Crippen molar-refractivity contribution in [2.24, 2.45) is 0 Å². The van der Waals surface area contributed by atoms with Gasteiger partial charge in [-0.05, 0) is 20.3 Å². The molecule has 3 rings (SSSR count). The molecule has 0 N–H and O–H groups in total. The summed E-state index contributed by atoms with van der Waals surface area (Å²) in [6, 6.07) is 2.72. The zero-order valence-electron chi connectivity index (χ0n) is 12.7. The third-order valence-electron chi connectivity index (χ3n) is 3.67. The number of ether oxygens (including phenoxy) is 1. The maximum atomic E-state index is 12.7. The van der Waals surface area contributed by atoms with Gasteiger partial charge in [-0.1, -0.05) is 6.92 Å². The topological polar surface area (TPSA) is 78.7 Å². The maximum Gasteiger partial charge on any atom is 0.331 e. The largest absolute Gasteiger partial charge is 0.464 e. The van der Waals surface area contributed by atoms with Crippen molar-refractivity contribution in [3.05, 3.63) is 34.6 Å². The van der Waals surface area contributed by atoms with Crippen LogP contribution in [-0.2, 0) is 9.53 Å². The number of aryl methyl sites for hydroxylation is 1. The van der Waals surface area contributed by atoms with Gasteiger partial charge in [-0.2, -0.15) is 5.10 Å². The molecule has 0 unspecified atom stereocenters. The van der Waals surface area contributed by atoms with E-state index in [4.69, 9.17) is 9.15 Å². The van der Waals surface area contributed by atoms with Crippen molar-refractivity contribution in [3.63, 3.8) is 0 Å². The molecule has 7 heteroatoms. The van der Waals surface area contributed by atoms with Crippen molar-refractivity contribution in [3.8, 4) is 0 Å². The second-order valence-electron chi connectivity index (χ2n) is 5.01. The van der Waals surface area contributed by atoms with Gasteiger partial charge in [0, 0.05) is 12.1 Å². The van der Waals surface area contributed by atoms with Gasteiger partial charge in [-0.15, -0.1) is 0 Å². The number of hydrogen-bond donors (Lipinski definition) is 0. The fourth-order valence-electron chi connectivity index (χ4n) is 2.68. The second-order valence-corrected chi connectivity index (χ2v) is 5.01. The summed E-state index contributed by atoms with van der Waals surface area (Å²) in [5.41, 5.74) is 1.50. The molecule has 7 nitrogen and oxygen atoms in total. The predicted molar refractivity (Wildman–Crippen MR) is 79.9 cm³/mol. The molecule has 0 spiro atoms. The Hall–Kier alpha value is -2.57. The van der Waals surface area contributed by atoms with E-state index in [1.54, 1.807) is 36.6 Å². The SMILES string of the molecule is CCOC(=O)[C@@H](CC)n1nc(C)n2c(cc3occc32)c1=O. The minimum absolute atomic E-state index is 0.267. The molecule has 0 saturated carbocycles. The van der Waals surface area contributed by atoms with Gasteiger partial charge in [0.25, 0.3) is 5.56 Å². The normalized spacial score (nSPS) is 12.9. The number of carbonyl (C=O) groups is 1. The van der Waals surface area contributed by atoms with Crippen LogP contribution in [0.25, 0.3) is 16.6 Å². The molecule has 3 heterocycles. The number of hydrogen-bond acceptors (Lipinski definition) is 5. The van der Waals surface area contributed by atoms with Crippen LogP contribution in [0.4, 0.5) is 0 Å². The maximum absolute atomic E-state index is 12.7. The van der Waals surface area contributed by atoms with Gasteiger partial charge < -0.3 is 9.15 Å². The van der Waals surface area contributed by atoms with Crippen molar-refractivity contribution in [2.45, 2.75) is 33.2 Å². The highest BCUT2D eigenvalue weighted by atomic mass is 16.5.